The number of rotatable bonds is 1. The molecule has 0 aliphatic carbocycles. The van der Waals surface area contributed by atoms with Crippen LogP contribution < -0.4 is 10.1 Å². The maximum absolute atomic E-state index is 11.3. The van der Waals surface area contributed by atoms with Crippen LogP contribution in [0.15, 0.2) is 12.1 Å². The zero-order chi connectivity index (χ0) is 9.42. The average molecular weight is 198 g/mol. The van der Waals surface area contributed by atoms with E-state index < -0.39 is 0 Å². The lowest BCUT2D eigenvalue weighted by Crippen LogP contribution is -2.12. The van der Waals surface area contributed by atoms with Crippen molar-refractivity contribution >= 4 is 17.5 Å². The summed E-state index contributed by atoms with van der Waals surface area (Å²) < 4.78 is 5.00. The topological polar surface area (TPSA) is 38.3 Å². The summed E-state index contributed by atoms with van der Waals surface area (Å²) in [5.41, 5.74) is 1.47. The van der Waals surface area contributed by atoms with Gasteiger partial charge in [-0.1, -0.05) is 11.6 Å². The van der Waals surface area contributed by atoms with Crippen LogP contribution in [0.25, 0.3) is 0 Å². The van der Waals surface area contributed by atoms with Crippen molar-refractivity contribution in [2.45, 2.75) is 6.54 Å². The Kier molecular flexibility index (Phi) is 1.88. The fourth-order valence-electron chi connectivity index (χ4n) is 1.38. The van der Waals surface area contributed by atoms with Gasteiger partial charge in [0, 0.05) is 17.7 Å². The number of halogens is 1. The first-order valence-corrected chi connectivity index (χ1v) is 4.25. The number of carbonyl (C=O) groups is 1. The first kappa shape index (κ1) is 8.38. The molecule has 0 bridgehead atoms. The Morgan fingerprint density at radius 1 is 1.54 bits per heavy atom. The molecular formula is C9H8ClNO2. The van der Waals surface area contributed by atoms with E-state index in [4.69, 9.17) is 16.3 Å². The monoisotopic (exact) mass is 197 g/mol. The highest BCUT2D eigenvalue weighted by atomic mass is 35.5. The molecule has 0 aromatic heterocycles. The summed E-state index contributed by atoms with van der Waals surface area (Å²) in [5.74, 6) is 0.525. The second-order valence-electron chi connectivity index (χ2n) is 2.82. The smallest absolute Gasteiger partial charge is 0.252 e. The van der Waals surface area contributed by atoms with Crippen molar-refractivity contribution < 1.29 is 9.53 Å². The van der Waals surface area contributed by atoms with Gasteiger partial charge in [0.05, 0.1) is 12.1 Å². The molecule has 0 radical (unpaired) electrons. The van der Waals surface area contributed by atoms with Crippen LogP contribution in [-0.4, -0.2) is 13.0 Å². The summed E-state index contributed by atoms with van der Waals surface area (Å²) in [5, 5.41) is 3.27. The van der Waals surface area contributed by atoms with Crippen LogP contribution in [0.1, 0.15) is 15.9 Å². The van der Waals surface area contributed by atoms with Gasteiger partial charge in [-0.3, -0.25) is 4.79 Å². The van der Waals surface area contributed by atoms with Gasteiger partial charge >= 0.3 is 0 Å². The number of benzene rings is 1. The molecular weight excluding hydrogens is 190 g/mol. The number of fused-ring (bicyclic) bond motifs is 1. The normalized spacial score (nSPS) is 13.8. The van der Waals surface area contributed by atoms with Crippen molar-refractivity contribution in [2.75, 3.05) is 7.11 Å². The van der Waals surface area contributed by atoms with Crippen molar-refractivity contribution in [3.05, 3.63) is 28.3 Å². The van der Waals surface area contributed by atoms with Crippen molar-refractivity contribution in [1.29, 1.82) is 0 Å². The van der Waals surface area contributed by atoms with Crippen molar-refractivity contribution in [2.24, 2.45) is 0 Å². The van der Waals surface area contributed by atoms with Gasteiger partial charge in [-0.25, -0.2) is 0 Å². The summed E-state index contributed by atoms with van der Waals surface area (Å²) in [6, 6.07) is 3.41. The predicted molar refractivity (Wildman–Crippen MR) is 49.2 cm³/mol. The molecule has 1 heterocycles. The zero-order valence-corrected chi connectivity index (χ0v) is 7.81. The van der Waals surface area contributed by atoms with E-state index in [0.717, 1.165) is 5.56 Å². The number of nitrogens with one attached hydrogen (secondary N) is 1. The minimum atomic E-state index is -0.0872. The van der Waals surface area contributed by atoms with E-state index in [-0.39, 0.29) is 5.91 Å². The average Bonchev–Trinajstić information content (AvgIpc) is 2.48. The molecule has 2 rings (SSSR count). The van der Waals surface area contributed by atoms with Crippen LogP contribution >= 0.6 is 11.6 Å². The van der Waals surface area contributed by atoms with Crippen molar-refractivity contribution in [1.82, 2.24) is 5.32 Å². The quantitative estimate of drug-likeness (QED) is 0.743. The summed E-state index contributed by atoms with van der Waals surface area (Å²) in [6.07, 6.45) is 0. The molecule has 3 nitrogen and oxygen atoms in total. The number of methoxy groups -OCH3 is 1. The highest BCUT2D eigenvalue weighted by Gasteiger charge is 2.22. The van der Waals surface area contributed by atoms with Gasteiger partial charge in [0.15, 0.2) is 0 Å². The van der Waals surface area contributed by atoms with Crippen molar-refractivity contribution in [3.8, 4) is 5.75 Å². The highest BCUT2D eigenvalue weighted by Crippen LogP contribution is 2.29. The van der Waals surface area contributed by atoms with E-state index in [0.29, 0.717) is 22.9 Å². The highest BCUT2D eigenvalue weighted by molar-refractivity contribution is 6.32. The summed E-state index contributed by atoms with van der Waals surface area (Å²) in [7, 11) is 1.55. The van der Waals surface area contributed by atoms with Crippen LogP contribution in [0, 0.1) is 0 Å². The summed E-state index contributed by atoms with van der Waals surface area (Å²) >= 11 is 5.95. The number of hydrogen-bond acceptors (Lipinski definition) is 2. The standard InChI is InChI=1S/C9H8ClNO2/c1-13-5-2-6-7(8(10)3-5)4-11-9(6)12/h2-3H,4H2,1H3,(H,11,12). The molecule has 1 aromatic rings. The fourth-order valence-corrected chi connectivity index (χ4v) is 1.65. The third kappa shape index (κ3) is 1.25. The SMILES string of the molecule is COc1cc(Cl)c2c(c1)C(=O)NC2. The van der Waals surface area contributed by atoms with Crippen LogP contribution in [0.2, 0.25) is 5.02 Å². The van der Waals surface area contributed by atoms with Gasteiger partial charge < -0.3 is 10.1 Å². The van der Waals surface area contributed by atoms with Crippen LogP contribution in [-0.2, 0) is 6.54 Å². The third-order valence-corrected chi connectivity index (χ3v) is 2.41. The Morgan fingerprint density at radius 3 is 3.00 bits per heavy atom. The first-order valence-electron chi connectivity index (χ1n) is 3.87. The Hall–Kier alpha value is -1.22. The fraction of sp³-hybridized carbons (Fsp3) is 0.222. The van der Waals surface area contributed by atoms with Crippen LogP contribution in [0.5, 0.6) is 5.75 Å². The molecule has 0 unspecified atom stereocenters. The Balaban J connectivity index is 2.60. The summed E-state index contributed by atoms with van der Waals surface area (Å²) in [4.78, 5) is 11.3. The maximum Gasteiger partial charge on any atom is 0.252 e. The van der Waals surface area contributed by atoms with Gasteiger partial charge in [0.1, 0.15) is 5.75 Å². The largest absolute Gasteiger partial charge is 0.497 e. The van der Waals surface area contributed by atoms with Crippen LogP contribution in [0.4, 0.5) is 0 Å². The molecule has 1 N–H and O–H groups in total. The van der Waals surface area contributed by atoms with E-state index >= 15 is 0 Å². The van der Waals surface area contributed by atoms with E-state index in [9.17, 15) is 4.79 Å². The molecule has 1 aliphatic rings. The molecule has 1 aromatic carbocycles. The number of carbonyl (C=O) groups excluding carboxylic acids is 1. The predicted octanol–water partition coefficient (Wildman–Crippen LogP) is 1.59. The number of hydrogen-bond donors (Lipinski definition) is 1. The summed E-state index contributed by atoms with van der Waals surface area (Å²) in [6.45, 7) is 0.511. The van der Waals surface area contributed by atoms with Crippen LogP contribution in [0.3, 0.4) is 0 Å². The molecule has 0 spiro atoms. The molecule has 0 saturated carbocycles. The second kappa shape index (κ2) is 2.92. The first-order chi connectivity index (χ1) is 6.22. The minimum absolute atomic E-state index is 0.0872. The van der Waals surface area contributed by atoms with Gasteiger partial charge in [0.2, 0.25) is 0 Å². The van der Waals surface area contributed by atoms with Gasteiger partial charge in [0.25, 0.3) is 5.91 Å². The van der Waals surface area contributed by atoms with Gasteiger partial charge in [-0.05, 0) is 12.1 Å². The van der Waals surface area contributed by atoms with Crippen molar-refractivity contribution in [3.63, 3.8) is 0 Å². The number of amides is 1. The molecule has 4 heteroatoms. The number of ether oxygens (including phenoxy) is 1. The lowest BCUT2D eigenvalue weighted by atomic mass is 10.1. The van der Waals surface area contributed by atoms with Gasteiger partial charge in [-0.15, -0.1) is 0 Å². The Labute approximate surface area is 80.6 Å². The second-order valence-corrected chi connectivity index (χ2v) is 3.23. The minimum Gasteiger partial charge on any atom is -0.497 e. The molecule has 0 fully saturated rings. The Bertz CT molecular complexity index is 376. The van der Waals surface area contributed by atoms with Gasteiger partial charge in [-0.2, -0.15) is 0 Å². The van der Waals surface area contributed by atoms with E-state index in [1.54, 1.807) is 19.2 Å². The van der Waals surface area contributed by atoms with E-state index in [2.05, 4.69) is 5.32 Å². The molecule has 68 valence electrons. The Morgan fingerprint density at radius 2 is 2.31 bits per heavy atom. The third-order valence-electron chi connectivity index (χ3n) is 2.08. The lowest BCUT2D eigenvalue weighted by Gasteiger charge is -2.03. The van der Waals surface area contributed by atoms with E-state index in [1.807, 2.05) is 0 Å². The molecule has 1 amide bonds. The van der Waals surface area contributed by atoms with E-state index in [1.165, 1.54) is 0 Å². The molecule has 0 atom stereocenters. The molecule has 13 heavy (non-hydrogen) atoms. The zero-order valence-electron chi connectivity index (χ0n) is 7.06. The molecule has 0 saturated heterocycles. The lowest BCUT2D eigenvalue weighted by molar-refractivity contribution is 0.0965. The molecule has 1 aliphatic heterocycles. The maximum atomic E-state index is 11.3.